The molecule has 0 aliphatic carbocycles. The number of nitrogens with zero attached hydrogens (tertiary/aromatic N) is 3. The molecule has 0 spiro atoms. The Morgan fingerprint density at radius 3 is 2.51 bits per heavy atom. The minimum atomic E-state index is -0.180. The lowest BCUT2D eigenvalue weighted by molar-refractivity contribution is 0.102. The van der Waals surface area contributed by atoms with Gasteiger partial charge in [-0.05, 0) is 80.0 Å². The third kappa shape index (κ3) is 7.18. The molecule has 0 atom stereocenters. The standard InChI is InChI=1S/C31H35N5O3/c1-38-30-21-24(9-10-26(30)23-35-16-4-5-17-35)22-32-28-7-2-3-8-29(28)34-31(37)25-11-13-27(14-12-25)39-20-19-36-18-6-15-33-36/h2-3,6-15,18,21,32H,4-5,16-17,19-20,22-23H2,1H3,(H,34,37). The molecule has 202 valence electrons. The predicted molar refractivity (Wildman–Crippen MR) is 153 cm³/mol. The zero-order chi connectivity index (χ0) is 26.9. The summed E-state index contributed by atoms with van der Waals surface area (Å²) >= 11 is 0. The number of ether oxygens (including phenoxy) is 2. The van der Waals surface area contributed by atoms with Crippen molar-refractivity contribution in [1.29, 1.82) is 0 Å². The van der Waals surface area contributed by atoms with Crippen LogP contribution in [-0.4, -0.2) is 47.4 Å². The van der Waals surface area contributed by atoms with Crippen molar-refractivity contribution >= 4 is 17.3 Å². The smallest absolute Gasteiger partial charge is 0.255 e. The summed E-state index contributed by atoms with van der Waals surface area (Å²) in [6, 6.07) is 23.1. The molecule has 1 saturated heterocycles. The minimum absolute atomic E-state index is 0.180. The van der Waals surface area contributed by atoms with Crippen LogP contribution in [0, 0.1) is 0 Å². The SMILES string of the molecule is COc1cc(CNc2ccccc2NC(=O)c2ccc(OCCn3cccn3)cc2)ccc1CN1CCCC1. The van der Waals surface area contributed by atoms with Crippen LogP contribution < -0.4 is 20.1 Å². The third-order valence-electron chi connectivity index (χ3n) is 6.87. The lowest BCUT2D eigenvalue weighted by atomic mass is 10.1. The van der Waals surface area contributed by atoms with Crippen molar-refractivity contribution in [3.05, 3.63) is 102 Å². The van der Waals surface area contributed by atoms with Gasteiger partial charge >= 0.3 is 0 Å². The quantitative estimate of drug-likeness (QED) is 0.257. The van der Waals surface area contributed by atoms with E-state index < -0.39 is 0 Å². The normalized spacial score (nSPS) is 13.3. The zero-order valence-electron chi connectivity index (χ0n) is 22.3. The molecular weight excluding hydrogens is 490 g/mol. The Morgan fingerprint density at radius 2 is 1.77 bits per heavy atom. The first-order valence-corrected chi connectivity index (χ1v) is 13.4. The molecule has 0 unspecified atom stereocenters. The van der Waals surface area contributed by atoms with Gasteiger partial charge in [-0.25, -0.2) is 0 Å². The number of amides is 1. The molecule has 39 heavy (non-hydrogen) atoms. The van der Waals surface area contributed by atoms with Crippen LogP contribution in [0.25, 0.3) is 0 Å². The monoisotopic (exact) mass is 525 g/mol. The molecule has 2 N–H and O–H groups in total. The highest BCUT2D eigenvalue weighted by molar-refractivity contribution is 6.05. The topological polar surface area (TPSA) is 80.7 Å². The fourth-order valence-corrected chi connectivity index (χ4v) is 4.74. The molecule has 8 nitrogen and oxygen atoms in total. The summed E-state index contributed by atoms with van der Waals surface area (Å²) in [5, 5.41) is 10.7. The van der Waals surface area contributed by atoms with Crippen LogP contribution in [0.15, 0.2) is 85.2 Å². The molecule has 3 aromatic carbocycles. The Morgan fingerprint density at radius 1 is 0.974 bits per heavy atom. The van der Waals surface area contributed by atoms with Gasteiger partial charge in [0.1, 0.15) is 18.1 Å². The Hall–Kier alpha value is -4.30. The van der Waals surface area contributed by atoms with E-state index in [1.165, 1.54) is 18.4 Å². The molecule has 5 rings (SSSR count). The number of hydrogen-bond acceptors (Lipinski definition) is 6. The van der Waals surface area contributed by atoms with Gasteiger partial charge < -0.3 is 20.1 Å². The van der Waals surface area contributed by atoms with Gasteiger partial charge in [-0.2, -0.15) is 5.10 Å². The molecule has 1 amide bonds. The van der Waals surface area contributed by atoms with E-state index in [0.717, 1.165) is 42.3 Å². The van der Waals surface area contributed by atoms with Crippen molar-refractivity contribution in [2.75, 3.05) is 37.4 Å². The Kier molecular flexibility index (Phi) is 8.75. The van der Waals surface area contributed by atoms with E-state index in [1.807, 2.05) is 53.3 Å². The number of carbonyl (C=O) groups excluding carboxylic acids is 1. The van der Waals surface area contributed by atoms with Crippen molar-refractivity contribution in [3.63, 3.8) is 0 Å². The molecule has 1 aliphatic rings. The first-order valence-electron chi connectivity index (χ1n) is 13.4. The van der Waals surface area contributed by atoms with E-state index in [9.17, 15) is 4.79 Å². The second kappa shape index (κ2) is 13.0. The van der Waals surface area contributed by atoms with Gasteiger partial charge in [-0.1, -0.05) is 24.3 Å². The summed E-state index contributed by atoms with van der Waals surface area (Å²) < 4.78 is 13.3. The van der Waals surface area contributed by atoms with Crippen LogP contribution in [-0.2, 0) is 19.6 Å². The van der Waals surface area contributed by atoms with E-state index in [1.54, 1.807) is 25.4 Å². The largest absolute Gasteiger partial charge is 0.496 e. The summed E-state index contributed by atoms with van der Waals surface area (Å²) in [5.41, 5.74) is 4.46. The number of rotatable bonds is 12. The van der Waals surface area contributed by atoms with Gasteiger partial charge in [0.15, 0.2) is 0 Å². The molecule has 2 heterocycles. The minimum Gasteiger partial charge on any atom is -0.496 e. The number of likely N-dealkylation sites (tertiary alicyclic amines) is 1. The molecule has 4 aromatic rings. The molecule has 0 saturated carbocycles. The van der Waals surface area contributed by atoms with Crippen molar-refractivity contribution in [3.8, 4) is 11.5 Å². The van der Waals surface area contributed by atoms with Gasteiger partial charge in [-0.3, -0.25) is 14.4 Å². The second-order valence-corrected chi connectivity index (χ2v) is 9.62. The van der Waals surface area contributed by atoms with Gasteiger partial charge in [-0.15, -0.1) is 0 Å². The second-order valence-electron chi connectivity index (χ2n) is 9.62. The number of methoxy groups -OCH3 is 1. The van der Waals surface area contributed by atoms with Crippen LogP contribution >= 0.6 is 0 Å². The molecule has 0 radical (unpaired) electrons. The van der Waals surface area contributed by atoms with E-state index in [-0.39, 0.29) is 5.91 Å². The molecule has 1 aliphatic heterocycles. The maximum atomic E-state index is 13.0. The highest BCUT2D eigenvalue weighted by Gasteiger charge is 2.15. The number of carbonyl (C=O) groups is 1. The number of para-hydroxylation sites is 2. The van der Waals surface area contributed by atoms with Gasteiger partial charge in [0.05, 0.1) is 25.0 Å². The van der Waals surface area contributed by atoms with Crippen LogP contribution in [0.3, 0.4) is 0 Å². The van der Waals surface area contributed by atoms with Crippen LogP contribution in [0.2, 0.25) is 0 Å². The summed E-state index contributed by atoms with van der Waals surface area (Å²) in [7, 11) is 1.73. The predicted octanol–water partition coefficient (Wildman–Crippen LogP) is 5.43. The summed E-state index contributed by atoms with van der Waals surface area (Å²) in [4.78, 5) is 15.4. The Bertz CT molecular complexity index is 1350. The lowest BCUT2D eigenvalue weighted by Gasteiger charge is -2.18. The number of benzene rings is 3. The number of hydrogen-bond donors (Lipinski definition) is 2. The fraction of sp³-hybridized carbons (Fsp3) is 0.290. The first kappa shape index (κ1) is 26.3. The van der Waals surface area contributed by atoms with Crippen molar-refractivity contribution in [2.24, 2.45) is 0 Å². The molecular formula is C31H35N5O3. The fourth-order valence-electron chi connectivity index (χ4n) is 4.74. The van der Waals surface area contributed by atoms with Crippen molar-refractivity contribution in [1.82, 2.24) is 14.7 Å². The van der Waals surface area contributed by atoms with E-state index in [4.69, 9.17) is 9.47 Å². The molecule has 8 heteroatoms. The summed E-state index contributed by atoms with van der Waals surface area (Å²) in [5.74, 6) is 1.44. The van der Waals surface area contributed by atoms with Gasteiger partial charge in [0, 0.05) is 36.6 Å². The lowest BCUT2D eigenvalue weighted by Crippen LogP contribution is -2.18. The maximum Gasteiger partial charge on any atom is 0.255 e. The van der Waals surface area contributed by atoms with Crippen LogP contribution in [0.1, 0.15) is 34.3 Å². The molecule has 1 fully saturated rings. The van der Waals surface area contributed by atoms with E-state index in [0.29, 0.717) is 31.0 Å². The average Bonchev–Trinajstić information content (AvgIpc) is 3.68. The van der Waals surface area contributed by atoms with E-state index >= 15 is 0 Å². The number of aromatic nitrogens is 2. The van der Waals surface area contributed by atoms with Crippen molar-refractivity contribution < 1.29 is 14.3 Å². The molecule has 0 bridgehead atoms. The van der Waals surface area contributed by atoms with Crippen molar-refractivity contribution in [2.45, 2.75) is 32.5 Å². The van der Waals surface area contributed by atoms with E-state index in [2.05, 4.69) is 38.8 Å². The van der Waals surface area contributed by atoms with Crippen LogP contribution in [0.4, 0.5) is 11.4 Å². The van der Waals surface area contributed by atoms with Gasteiger partial charge in [0.2, 0.25) is 0 Å². The molecule has 1 aromatic heterocycles. The summed E-state index contributed by atoms with van der Waals surface area (Å²) in [6.07, 6.45) is 6.18. The number of anilines is 2. The number of nitrogens with one attached hydrogen (secondary N) is 2. The van der Waals surface area contributed by atoms with Gasteiger partial charge in [0.25, 0.3) is 5.91 Å². The highest BCUT2D eigenvalue weighted by atomic mass is 16.5. The zero-order valence-corrected chi connectivity index (χ0v) is 22.3. The maximum absolute atomic E-state index is 13.0. The van der Waals surface area contributed by atoms with Crippen LogP contribution in [0.5, 0.6) is 11.5 Å². The Labute approximate surface area is 229 Å². The third-order valence-corrected chi connectivity index (χ3v) is 6.87. The highest BCUT2D eigenvalue weighted by Crippen LogP contribution is 2.26. The average molecular weight is 526 g/mol. The summed E-state index contributed by atoms with van der Waals surface area (Å²) in [6.45, 7) is 5.00. The Balaban J connectivity index is 1.16. The first-order chi connectivity index (χ1) is 19.2.